The number of aliphatic hydroxyl groups is 1. The standard InChI is InChI=1S/C28H36FN3O3/c1-18-6-8-20(9-7-18)26(33)31-24(27(34)32-16-21(17-32)28(2,3)35)5-4-14-30-25-15-23(25)19-10-12-22(29)13-11-19/h6-13,21,23-25,30,35H,4-5,14-17H2,1-3H3,(H,31,33)/t23-,24-,25+/m0/s1. The van der Waals surface area contributed by atoms with E-state index in [0.29, 0.717) is 37.0 Å². The van der Waals surface area contributed by atoms with Gasteiger partial charge in [-0.15, -0.1) is 0 Å². The smallest absolute Gasteiger partial charge is 0.251 e. The van der Waals surface area contributed by atoms with Crippen LogP contribution in [0.3, 0.4) is 0 Å². The highest BCUT2D eigenvalue weighted by atomic mass is 19.1. The van der Waals surface area contributed by atoms with Crippen molar-refractivity contribution in [1.82, 2.24) is 15.5 Å². The van der Waals surface area contributed by atoms with Crippen LogP contribution in [0, 0.1) is 18.7 Å². The number of likely N-dealkylation sites (tertiary alicyclic amines) is 1. The molecule has 6 nitrogen and oxygen atoms in total. The van der Waals surface area contributed by atoms with Crippen molar-refractivity contribution in [2.75, 3.05) is 19.6 Å². The number of rotatable bonds is 10. The van der Waals surface area contributed by atoms with E-state index >= 15 is 0 Å². The summed E-state index contributed by atoms with van der Waals surface area (Å²) in [6.07, 6.45) is 2.28. The molecule has 0 bridgehead atoms. The van der Waals surface area contributed by atoms with E-state index in [0.717, 1.165) is 30.5 Å². The number of carbonyl (C=O) groups excluding carboxylic acids is 2. The Kier molecular flexibility index (Phi) is 7.57. The summed E-state index contributed by atoms with van der Waals surface area (Å²) in [6, 6.07) is 13.7. The van der Waals surface area contributed by atoms with Gasteiger partial charge >= 0.3 is 0 Å². The van der Waals surface area contributed by atoms with Crippen LogP contribution in [-0.4, -0.2) is 59.1 Å². The maximum Gasteiger partial charge on any atom is 0.251 e. The fraction of sp³-hybridized carbons (Fsp3) is 0.500. The van der Waals surface area contributed by atoms with Crippen molar-refractivity contribution in [2.24, 2.45) is 5.92 Å². The van der Waals surface area contributed by atoms with E-state index in [9.17, 15) is 19.1 Å². The number of benzene rings is 2. The van der Waals surface area contributed by atoms with Crippen molar-refractivity contribution in [1.29, 1.82) is 0 Å². The zero-order chi connectivity index (χ0) is 25.2. The molecule has 0 radical (unpaired) electrons. The second-order valence-corrected chi connectivity index (χ2v) is 10.6. The van der Waals surface area contributed by atoms with Crippen LogP contribution in [0.25, 0.3) is 0 Å². The summed E-state index contributed by atoms with van der Waals surface area (Å²) in [7, 11) is 0. The molecule has 3 N–H and O–H groups in total. The van der Waals surface area contributed by atoms with Gasteiger partial charge in [0, 0.05) is 36.5 Å². The summed E-state index contributed by atoms with van der Waals surface area (Å²) >= 11 is 0. The Morgan fingerprint density at radius 3 is 2.40 bits per heavy atom. The van der Waals surface area contributed by atoms with Gasteiger partial charge in [0.25, 0.3) is 5.91 Å². The van der Waals surface area contributed by atoms with Gasteiger partial charge in [-0.3, -0.25) is 9.59 Å². The molecule has 7 heteroatoms. The molecule has 3 atom stereocenters. The minimum atomic E-state index is -0.827. The van der Waals surface area contributed by atoms with Crippen LogP contribution in [0.5, 0.6) is 0 Å². The lowest BCUT2D eigenvalue weighted by Crippen LogP contribution is -2.61. The first-order valence-corrected chi connectivity index (χ1v) is 12.5. The van der Waals surface area contributed by atoms with Crippen molar-refractivity contribution in [3.05, 3.63) is 71.0 Å². The summed E-state index contributed by atoms with van der Waals surface area (Å²) < 4.78 is 13.2. The number of aryl methyl sites for hydroxylation is 1. The number of halogens is 1. The first-order valence-electron chi connectivity index (χ1n) is 12.5. The molecule has 2 aromatic carbocycles. The van der Waals surface area contributed by atoms with E-state index in [-0.39, 0.29) is 23.5 Å². The van der Waals surface area contributed by atoms with Crippen LogP contribution in [0.15, 0.2) is 48.5 Å². The monoisotopic (exact) mass is 481 g/mol. The summed E-state index contributed by atoms with van der Waals surface area (Å²) in [5, 5.41) is 16.7. The maximum atomic E-state index is 13.2. The van der Waals surface area contributed by atoms with Gasteiger partial charge in [0.05, 0.1) is 5.60 Å². The highest BCUT2D eigenvalue weighted by molar-refractivity contribution is 5.97. The van der Waals surface area contributed by atoms with Gasteiger partial charge in [-0.05, 0) is 76.4 Å². The average Bonchev–Trinajstić information content (AvgIpc) is 3.54. The van der Waals surface area contributed by atoms with Crippen molar-refractivity contribution in [2.45, 2.75) is 63.6 Å². The highest BCUT2D eigenvalue weighted by Gasteiger charge is 2.42. The Morgan fingerprint density at radius 1 is 1.11 bits per heavy atom. The zero-order valence-electron chi connectivity index (χ0n) is 20.8. The molecule has 1 heterocycles. The third-order valence-electron chi connectivity index (χ3n) is 7.27. The molecule has 35 heavy (non-hydrogen) atoms. The fourth-order valence-corrected chi connectivity index (χ4v) is 4.62. The van der Waals surface area contributed by atoms with E-state index in [1.807, 2.05) is 31.2 Å². The van der Waals surface area contributed by atoms with Crippen LogP contribution < -0.4 is 10.6 Å². The fourth-order valence-electron chi connectivity index (χ4n) is 4.62. The van der Waals surface area contributed by atoms with E-state index in [2.05, 4.69) is 10.6 Å². The van der Waals surface area contributed by atoms with Gasteiger partial charge in [0.2, 0.25) is 5.91 Å². The quantitative estimate of drug-likeness (QED) is 0.455. The molecule has 2 aliphatic rings. The molecule has 2 fully saturated rings. The molecule has 1 aliphatic heterocycles. The van der Waals surface area contributed by atoms with Gasteiger partial charge < -0.3 is 20.6 Å². The maximum absolute atomic E-state index is 13.2. The normalized spacial score (nSPS) is 20.8. The number of nitrogens with one attached hydrogen (secondary N) is 2. The van der Waals surface area contributed by atoms with E-state index in [1.165, 1.54) is 12.1 Å². The lowest BCUT2D eigenvalue weighted by atomic mass is 9.84. The van der Waals surface area contributed by atoms with Crippen molar-refractivity contribution >= 4 is 11.8 Å². The van der Waals surface area contributed by atoms with Crippen molar-refractivity contribution in [3.8, 4) is 0 Å². The molecule has 1 saturated carbocycles. The molecular weight excluding hydrogens is 445 g/mol. The number of nitrogens with zero attached hydrogens (tertiary/aromatic N) is 1. The minimum absolute atomic E-state index is 0.0415. The molecule has 0 spiro atoms. The molecule has 0 aromatic heterocycles. The first-order chi connectivity index (χ1) is 16.6. The van der Waals surface area contributed by atoms with Crippen molar-refractivity contribution in [3.63, 3.8) is 0 Å². The summed E-state index contributed by atoms with van der Waals surface area (Å²) in [5.41, 5.74) is 1.91. The van der Waals surface area contributed by atoms with Crippen LogP contribution in [0.1, 0.15) is 60.5 Å². The first kappa shape index (κ1) is 25.3. The minimum Gasteiger partial charge on any atom is -0.390 e. The zero-order valence-corrected chi connectivity index (χ0v) is 20.8. The largest absolute Gasteiger partial charge is 0.390 e. The van der Waals surface area contributed by atoms with Crippen LogP contribution in [-0.2, 0) is 4.79 Å². The average molecular weight is 482 g/mol. The molecule has 188 valence electrons. The topological polar surface area (TPSA) is 81.7 Å². The molecule has 2 amide bonds. The SMILES string of the molecule is Cc1ccc(C(=O)N[C@@H](CCCN[C@@H]2C[C@H]2c2ccc(F)cc2)C(=O)N2CC(C(C)(C)O)C2)cc1. The molecule has 2 aromatic rings. The van der Waals surface area contributed by atoms with Crippen molar-refractivity contribution < 1.29 is 19.1 Å². The number of carbonyl (C=O) groups is 2. The van der Waals surface area contributed by atoms with Gasteiger partial charge in [-0.1, -0.05) is 29.8 Å². The Balaban J connectivity index is 1.30. The second kappa shape index (κ2) is 10.5. The van der Waals surface area contributed by atoms with Crippen LogP contribution in [0.2, 0.25) is 0 Å². The van der Waals surface area contributed by atoms with E-state index in [1.54, 1.807) is 30.9 Å². The lowest BCUT2D eigenvalue weighted by Gasteiger charge is -2.46. The third kappa shape index (κ3) is 6.47. The molecule has 1 aliphatic carbocycles. The van der Waals surface area contributed by atoms with E-state index in [4.69, 9.17) is 0 Å². The molecule has 1 saturated heterocycles. The Hall–Kier alpha value is -2.77. The number of hydrogen-bond donors (Lipinski definition) is 3. The molecule has 0 unspecified atom stereocenters. The number of hydrogen-bond acceptors (Lipinski definition) is 4. The predicted octanol–water partition coefficient (Wildman–Crippen LogP) is 3.39. The van der Waals surface area contributed by atoms with E-state index < -0.39 is 11.6 Å². The third-order valence-corrected chi connectivity index (χ3v) is 7.27. The highest BCUT2D eigenvalue weighted by Crippen LogP contribution is 2.40. The second-order valence-electron chi connectivity index (χ2n) is 10.6. The van der Waals surface area contributed by atoms with Crippen LogP contribution in [0.4, 0.5) is 4.39 Å². The summed E-state index contributed by atoms with van der Waals surface area (Å²) in [6.45, 7) is 7.22. The lowest BCUT2D eigenvalue weighted by molar-refractivity contribution is -0.146. The Bertz CT molecular complexity index is 1030. The Labute approximate surface area is 206 Å². The van der Waals surface area contributed by atoms with Crippen LogP contribution >= 0.6 is 0 Å². The Morgan fingerprint density at radius 2 is 1.77 bits per heavy atom. The predicted molar refractivity (Wildman–Crippen MR) is 134 cm³/mol. The molecular formula is C28H36FN3O3. The van der Waals surface area contributed by atoms with Gasteiger partial charge in [0.1, 0.15) is 11.9 Å². The summed E-state index contributed by atoms with van der Waals surface area (Å²) in [4.78, 5) is 27.8. The molecule has 4 rings (SSSR count). The number of amides is 2. The van der Waals surface area contributed by atoms with Gasteiger partial charge in [-0.25, -0.2) is 4.39 Å². The summed E-state index contributed by atoms with van der Waals surface area (Å²) in [5.74, 6) is -0.136. The van der Waals surface area contributed by atoms with Gasteiger partial charge in [-0.2, -0.15) is 0 Å². The van der Waals surface area contributed by atoms with Gasteiger partial charge in [0.15, 0.2) is 0 Å².